The molecular weight excluding hydrogens is 450 g/mol. The third-order valence-electron chi connectivity index (χ3n) is 5.85. The fourth-order valence-electron chi connectivity index (χ4n) is 4.24. The molecule has 0 bridgehead atoms. The van der Waals surface area contributed by atoms with E-state index >= 15 is 0 Å². The smallest absolute Gasteiger partial charge is 0.407 e. The van der Waals surface area contributed by atoms with Crippen LogP contribution in [0.15, 0.2) is 54.6 Å². The van der Waals surface area contributed by atoms with E-state index in [1.54, 1.807) is 19.0 Å². The number of aryl methyl sites for hydroxylation is 1. The number of fused-ring (bicyclic) bond motifs is 3. The van der Waals surface area contributed by atoms with Crippen molar-refractivity contribution in [2.24, 2.45) is 7.05 Å². The van der Waals surface area contributed by atoms with Crippen LogP contribution in [0.25, 0.3) is 11.1 Å². The van der Waals surface area contributed by atoms with E-state index in [-0.39, 0.29) is 30.6 Å². The van der Waals surface area contributed by atoms with E-state index in [9.17, 15) is 14.4 Å². The number of nitrogens with one attached hydrogen (secondary N) is 2. The van der Waals surface area contributed by atoms with Crippen molar-refractivity contribution in [1.29, 1.82) is 0 Å². The van der Waals surface area contributed by atoms with Crippen LogP contribution >= 0.6 is 0 Å². The van der Waals surface area contributed by atoms with Crippen molar-refractivity contribution in [3.05, 3.63) is 71.4 Å². The van der Waals surface area contributed by atoms with Crippen LogP contribution in [0.4, 0.5) is 10.6 Å². The lowest BCUT2D eigenvalue weighted by Crippen LogP contribution is -2.49. The van der Waals surface area contributed by atoms with Crippen molar-refractivity contribution in [2.45, 2.75) is 12.0 Å². The van der Waals surface area contributed by atoms with Crippen LogP contribution in [-0.4, -0.2) is 71.0 Å². The quantitative estimate of drug-likeness (QED) is 0.455. The number of aromatic carboxylic acids is 1. The second-order valence-electron chi connectivity index (χ2n) is 8.62. The molecule has 0 aliphatic heterocycles. The van der Waals surface area contributed by atoms with Gasteiger partial charge in [0.15, 0.2) is 5.69 Å². The topological polar surface area (TPSA) is 126 Å². The molecule has 0 saturated heterocycles. The standard InChI is InChI=1S/C25H27N5O5/c1-29(2)13-21(23(31)27-22-12-20(24(32)33)28-30(22)3)26-25(34)35-14-19-17-10-6-4-8-15(17)16-9-5-7-11-18(16)19/h4-12,19,21H,13-14H2,1-3H3,(H,26,34)(H,27,31)(H,32,33)/t21-/m0/s1. The van der Waals surface area contributed by atoms with Crippen LogP contribution in [0.3, 0.4) is 0 Å². The SMILES string of the molecule is CN(C)C[C@H](NC(=O)OCC1c2ccccc2-c2ccccc21)C(=O)Nc1cc(C(=O)O)nn1C. The summed E-state index contributed by atoms with van der Waals surface area (Å²) in [5.74, 6) is -1.63. The van der Waals surface area contributed by atoms with Gasteiger partial charge in [0.25, 0.3) is 0 Å². The number of amides is 2. The van der Waals surface area contributed by atoms with Gasteiger partial charge >= 0.3 is 12.1 Å². The van der Waals surface area contributed by atoms with Gasteiger partial charge in [0, 0.05) is 25.6 Å². The zero-order valence-corrected chi connectivity index (χ0v) is 19.7. The van der Waals surface area contributed by atoms with Crippen LogP contribution < -0.4 is 10.6 Å². The zero-order chi connectivity index (χ0) is 25.1. The summed E-state index contributed by atoms with van der Waals surface area (Å²) in [5, 5.41) is 18.2. The molecule has 1 heterocycles. The first-order valence-corrected chi connectivity index (χ1v) is 11.1. The molecule has 3 N–H and O–H groups in total. The minimum absolute atomic E-state index is 0.0989. The number of hydrogen-bond donors (Lipinski definition) is 3. The lowest BCUT2D eigenvalue weighted by molar-refractivity contribution is -0.118. The number of rotatable bonds is 8. The molecule has 10 heteroatoms. The number of carbonyl (C=O) groups excluding carboxylic acids is 2. The van der Waals surface area contributed by atoms with Gasteiger partial charge in [0.1, 0.15) is 18.5 Å². The minimum Gasteiger partial charge on any atom is -0.476 e. The van der Waals surface area contributed by atoms with Crippen LogP contribution in [0.2, 0.25) is 0 Å². The van der Waals surface area contributed by atoms with Crippen LogP contribution in [0.5, 0.6) is 0 Å². The van der Waals surface area contributed by atoms with Crippen molar-refractivity contribution in [2.75, 3.05) is 32.6 Å². The monoisotopic (exact) mass is 477 g/mol. The van der Waals surface area contributed by atoms with Gasteiger partial charge in [-0.2, -0.15) is 5.10 Å². The van der Waals surface area contributed by atoms with Gasteiger partial charge in [-0.15, -0.1) is 0 Å². The molecule has 182 valence electrons. The van der Waals surface area contributed by atoms with E-state index in [1.807, 2.05) is 36.4 Å². The van der Waals surface area contributed by atoms with Gasteiger partial charge in [0.2, 0.25) is 5.91 Å². The number of aromatic nitrogens is 2. The number of ether oxygens (including phenoxy) is 1. The van der Waals surface area contributed by atoms with Crippen molar-refractivity contribution in [1.82, 2.24) is 20.0 Å². The molecule has 10 nitrogen and oxygen atoms in total. The molecule has 35 heavy (non-hydrogen) atoms. The number of carbonyl (C=O) groups is 3. The van der Waals surface area contributed by atoms with Gasteiger partial charge in [-0.3, -0.25) is 9.48 Å². The fraction of sp³-hybridized carbons (Fsp3) is 0.280. The Morgan fingerprint density at radius 2 is 1.69 bits per heavy atom. The van der Waals surface area contributed by atoms with Gasteiger partial charge in [0.05, 0.1) is 0 Å². The lowest BCUT2D eigenvalue weighted by Gasteiger charge is -2.22. The molecule has 0 unspecified atom stereocenters. The first kappa shape index (κ1) is 24.0. The molecule has 0 fully saturated rings. The average molecular weight is 478 g/mol. The molecule has 0 spiro atoms. The number of anilines is 1. The Hall–Kier alpha value is -4.18. The summed E-state index contributed by atoms with van der Waals surface area (Å²) in [4.78, 5) is 38.5. The maximum Gasteiger partial charge on any atom is 0.407 e. The van der Waals surface area contributed by atoms with E-state index in [0.717, 1.165) is 22.3 Å². The van der Waals surface area contributed by atoms with Crippen molar-refractivity contribution in [3.63, 3.8) is 0 Å². The Morgan fingerprint density at radius 3 is 2.23 bits per heavy atom. The lowest BCUT2D eigenvalue weighted by atomic mass is 9.98. The highest BCUT2D eigenvalue weighted by molar-refractivity contribution is 5.97. The van der Waals surface area contributed by atoms with Crippen LogP contribution in [-0.2, 0) is 16.6 Å². The third kappa shape index (κ3) is 5.17. The summed E-state index contributed by atoms with van der Waals surface area (Å²) in [6.45, 7) is 0.333. The van der Waals surface area contributed by atoms with Crippen molar-refractivity contribution >= 4 is 23.8 Å². The maximum absolute atomic E-state index is 12.9. The minimum atomic E-state index is -1.21. The summed E-state index contributed by atoms with van der Waals surface area (Å²) < 4.78 is 6.82. The number of benzene rings is 2. The number of hydrogen-bond acceptors (Lipinski definition) is 6. The second-order valence-corrected chi connectivity index (χ2v) is 8.62. The number of carboxylic acid groups (broad SMARTS) is 1. The Kier molecular flexibility index (Phi) is 6.83. The van der Waals surface area contributed by atoms with Gasteiger partial charge in [-0.1, -0.05) is 48.5 Å². The highest BCUT2D eigenvalue weighted by Gasteiger charge is 2.30. The fourth-order valence-corrected chi connectivity index (χ4v) is 4.24. The summed E-state index contributed by atoms with van der Waals surface area (Å²) >= 11 is 0. The average Bonchev–Trinajstić information content (AvgIpc) is 3.35. The van der Waals surface area contributed by atoms with Gasteiger partial charge in [-0.25, -0.2) is 9.59 Å². The summed E-state index contributed by atoms with van der Waals surface area (Å²) in [6, 6.07) is 16.4. The molecule has 1 aliphatic rings. The predicted molar refractivity (Wildman–Crippen MR) is 129 cm³/mol. The molecular formula is C25H27N5O5. The third-order valence-corrected chi connectivity index (χ3v) is 5.85. The summed E-state index contributed by atoms with van der Waals surface area (Å²) in [6.07, 6.45) is -0.718. The molecule has 2 aromatic carbocycles. The van der Waals surface area contributed by atoms with Crippen molar-refractivity contribution < 1.29 is 24.2 Å². The molecule has 1 atom stereocenters. The first-order valence-electron chi connectivity index (χ1n) is 11.1. The van der Waals surface area contributed by atoms with E-state index in [2.05, 4.69) is 27.9 Å². The summed E-state index contributed by atoms with van der Waals surface area (Å²) in [7, 11) is 5.06. The number of alkyl carbamates (subject to hydrolysis) is 1. The Balaban J connectivity index is 1.43. The first-order chi connectivity index (χ1) is 16.7. The van der Waals surface area contributed by atoms with E-state index in [0.29, 0.717) is 0 Å². The molecule has 0 radical (unpaired) electrons. The van der Waals surface area contributed by atoms with E-state index < -0.39 is 24.0 Å². The molecule has 0 saturated carbocycles. The van der Waals surface area contributed by atoms with Crippen LogP contribution in [0.1, 0.15) is 27.5 Å². The van der Waals surface area contributed by atoms with Gasteiger partial charge in [-0.05, 0) is 36.3 Å². The van der Waals surface area contributed by atoms with Crippen LogP contribution in [0, 0.1) is 0 Å². The highest BCUT2D eigenvalue weighted by Crippen LogP contribution is 2.44. The normalized spacial score (nSPS) is 13.1. The van der Waals surface area contributed by atoms with Crippen molar-refractivity contribution in [3.8, 4) is 11.1 Å². The van der Waals surface area contributed by atoms with E-state index in [4.69, 9.17) is 9.84 Å². The zero-order valence-electron chi connectivity index (χ0n) is 19.7. The summed E-state index contributed by atoms with van der Waals surface area (Å²) in [5.41, 5.74) is 4.23. The maximum atomic E-state index is 12.9. The number of carboxylic acids is 1. The van der Waals surface area contributed by atoms with E-state index in [1.165, 1.54) is 17.8 Å². The second kappa shape index (κ2) is 9.98. The Labute approximate surface area is 202 Å². The highest BCUT2D eigenvalue weighted by atomic mass is 16.5. The predicted octanol–water partition coefficient (Wildman–Crippen LogP) is 2.53. The molecule has 3 aromatic rings. The molecule has 1 aromatic heterocycles. The Bertz CT molecular complexity index is 1220. The molecule has 2 amide bonds. The molecule has 4 rings (SSSR count). The van der Waals surface area contributed by atoms with Gasteiger partial charge < -0.3 is 25.4 Å². The largest absolute Gasteiger partial charge is 0.476 e. The molecule has 1 aliphatic carbocycles. The Morgan fingerprint density at radius 1 is 1.09 bits per heavy atom. The number of nitrogens with zero attached hydrogens (tertiary/aromatic N) is 3. The number of likely N-dealkylation sites (N-methyl/N-ethyl adjacent to an activating group) is 1.